The number of benzene rings is 4. The fourth-order valence-electron chi connectivity index (χ4n) is 9.47. The Morgan fingerprint density at radius 1 is 0.302 bits per heavy atom. The SMILES string of the molecule is COc1cc(OC)c2cc1Cc1cc(c(OC)cc1OC)C1CCC(C1)c1cc(c(OC)cc1OC)Cc1cc(c(OC)cc1OC)C1CCC2CC1. The van der Waals surface area contributed by atoms with Gasteiger partial charge in [-0.3, -0.25) is 0 Å². The molecule has 4 aliphatic carbocycles. The first kappa shape index (κ1) is 36.6. The standard InChI is InChI=1S/C45H54O8/c1-46-38-22-42(50-5)34-18-30(38)16-32-20-36(44(52-7)24-40(32)48-3)28-13-14-29(15-28)37-21-33(41(49-4)25-45(37)53-8)17-31-19-35(27-11-9-26(34)10-12-27)43(51-6)23-39(31)47-2/h18-29H,9-17H2,1-8H3. The van der Waals surface area contributed by atoms with Crippen molar-refractivity contribution in [3.8, 4) is 46.0 Å². The molecule has 0 spiro atoms. The van der Waals surface area contributed by atoms with Gasteiger partial charge in [-0.05, 0) is 137 Å². The molecule has 0 heterocycles. The van der Waals surface area contributed by atoms with Gasteiger partial charge < -0.3 is 37.9 Å². The lowest BCUT2D eigenvalue weighted by atomic mass is 9.75. The van der Waals surface area contributed by atoms with Crippen molar-refractivity contribution in [2.24, 2.45) is 0 Å². The van der Waals surface area contributed by atoms with Crippen molar-refractivity contribution < 1.29 is 37.9 Å². The monoisotopic (exact) mass is 722 g/mol. The molecule has 0 N–H and O–H groups in total. The molecule has 0 saturated heterocycles. The molecule has 8 nitrogen and oxygen atoms in total. The van der Waals surface area contributed by atoms with Gasteiger partial charge in [-0.15, -0.1) is 0 Å². The first-order valence-corrected chi connectivity index (χ1v) is 18.9. The zero-order chi connectivity index (χ0) is 37.2. The van der Waals surface area contributed by atoms with E-state index in [4.69, 9.17) is 37.9 Å². The second-order valence-corrected chi connectivity index (χ2v) is 14.7. The van der Waals surface area contributed by atoms with Crippen LogP contribution in [-0.2, 0) is 12.8 Å². The van der Waals surface area contributed by atoms with E-state index in [0.29, 0.717) is 36.5 Å². The van der Waals surface area contributed by atoms with Gasteiger partial charge in [-0.25, -0.2) is 0 Å². The predicted molar refractivity (Wildman–Crippen MR) is 207 cm³/mol. The topological polar surface area (TPSA) is 73.8 Å². The number of ether oxygens (including phenoxy) is 8. The highest BCUT2D eigenvalue weighted by Gasteiger charge is 2.34. The highest BCUT2D eigenvalue weighted by molar-refractivity contribution is 5.57. The molecule has 53 heavy (non-hydrogen) atoms. The van der Waals surface area contributed by atoms with Gasteiger partial charge in [-0.2, -0.15) is 0 Å². The summed E-state index contributed by atoms with van der Waals surface area (Å²) in [5.41, 5.74) is 9.36. The molecule has 2 atom stereocenters. The molecule has 282 valence electrons. The van der Waals surface area contributed by atoms with Crippen molar-refractivity contribution in [2.75, 3.05) is 56.9 Å². The van der Waals surface area contributed by atoms with Gasteiger partial charge in [0.1, 0.15) is 46.0 Å². The van der Waals surface area contributed by atoms with Crippen LogP contribution < -0.4 is 37.9 Å². The van der Waals surface area contributed by atoms with E-state index >= 15 is 0 Å². The van der Waals surface area contributed by atoms with Crippen LogP contribution in [0.3, 0.4) is 0 Å². The molecule has 4 aromatic carbocycles. The molecule has 2 saturated carbocycles. The van der Waals surface area contributed by atoms with E-state index in [2.05, 4.69) is 48.5 Å². The summed E-state index contributed by atoms with van der Waals surface area (Å²) < 4.78 is 48.1. The Morgan fingerprint density at radius 3 is 0.774 bits per heavy atom. The Bertz CT molecular complexity index is 1800. The highest BCUT2D eigenvalue weighted by Crippen LogP contribution is 2.52. The zero-order valence-electron chi connectivity index (χ0n) is 32.6. The van der Waals surface area contributed by atoms with Crippen LogP contribution in [-0.4, -0.2) is 56.9 Å². The third kappa shape index (κ3) is 6.93. The predicted octanol–water partition coefficient (Wildman–Crippen LogP) is 9.74. The maximum absolute atomic E-state index is 6.04. The fraction of sp³-hybridized carbons (Fsp3) is 0.467. The van der Waals surface area contributed by atoms with Crippen LogP contribution >= 0.6 is 0 Å². The smallest absolute Gasteiger partial charge is 0.126 e. The van der Waals surface area contributed by atoms with E-state index in [-0.39, 0.29) is 0 Å². The second-order valence-electron chi connectivity index (χ2n) is 14.7. The van der Waals surface area contributed by atoms with Crippen molar-refractivity contribution in [3.63, 3.8) is 0 Å². The van der Waals surface area contributed by atoms with Gasteiger partial charge in [0.25, 0.3) is 0 Å². The van der Waals surface area contributed by atoms with Crippen LogP contribution in [0.2, 0.25) is 0 Å². The maximum atomic E-state index is 6.04. The summed E-state index contributed by atoms with van der Waals surface area (Å²) in [7, 11) is 14.0. The molecule has 0 amide bonds. The van der Waals surface area contributed by atoms with Crippen molar-refractivity contribution in [3.05, 3.63) is 93.0 Å². The molecule has 12 bridgehead atoms. The summed E-state index contributed by atoms with van der Waals surface area (Å²) in [5, 5.41) is 0. The van der Waals surface area contributed by atoms with Crippen molar-refractivity contribution >= 4 is 0 Å². The minimum absolute atomic E-state index is 0.303. The summed E-state index contributed by atoms with van der Waals surface area (Å²) in [6.07, 6.45) is 8.49. The van der Waals surface area contributed by atoms with Crippen LogP contribution in [0, 0.1) is 0 Å². The van der Waals surface area contributed by atoms with E-state index in [1.807, 2.05) is 0 Å². The molecule has 0 aromatic heterocycles. The van der Waals surface area contributed by atoms with E-state index in [0.717, 1.165) is 113 Å². The van der Waals surface area contributed by atoms with Crippen LogP contribution in [0.15, 0.2) is 48.5 Å². The minimum Gasteiger partial charge on any atom is -0.496 e. The molecule has 2 unspecified atom stereocenters. The number of rotatable bonds is 8. The van der Waals surface area contributed by atoms with Gasteiger partial charge in [0, 0.05) is 37.1 Å². The number of hydrogen-bond donors (Lipinski definition) is 0. The summed E-state index contributed by atoms with van der Waals surface area (Å²) in [4.78, 5) is 0. The maximum Gasteiger partial charge on any atom is 0.126 e. The number of fused-ring (bicyclic) bond motifs is 2. The molecule has 4 aliphatic rings. The first-order valence-electron chi connectivity index (χ1n) is 18.9. The lowest BCUT2D eigenvalue weighted by Gasteiger charge is -2.31. The fourth-order valence-corrected chi connectivity index (χ4v) is 9.47. The lowest BCUT2D eigenvalue weighted by molar-refractivity contribution is 0.351. The Morgan fingerprint density at radius 2 is 0.528 bits per heavy atom. The molecule has 2 fully saturated rings. The van der Waals surface area contributed by atoms with Gasteiger partial charge in [0.2, 0.25) is 0 Å². The third-order valence-electron chi connectivity index (χ3n) is 12.2. The minimum atomic E-state index is 0.303. The van der Waals surface area contributed by atoms with E-state index in [9.17, 15) is 0 Å². The second kappa shape index (κ2) is 15.7. The molecule has 8 rings (SSSR count). The van der Waals surface area contributed by atoms with Crippen LogP contribution in [0.4, 0.5) is 0 Å². The van der Waals surface area contributed by atoms with Crippen molar-refractivity contribution in [2.45, 2.75) is 81.5 Å². The molecular weight excluding hydrogens is 668 g/mol. The van der Waals surface area contributed by atoms with Crippen molar-refractivity contribution in [1.29, 1.82) is 0 Å². The van der Waals surface area contributed by atoms with Gasteiger partial charge in [0.05, 0.1) is 56.9 Å². The average molecular weight is 723 g/mol. The number of hydrogen-bond acceptors (Lipinski definition) is 8. The van der Waals surface area contributed by atoms with E-state index < -0.39 is 0 Å². The normalized spacial score (nSPS) is 20.5. The Balaban J connectivity index is 1.41. The summed E-state index contributed by atoms with van der Waals surface area (Å²) >= 11 is 0. The zero-order valence-corrected chi connectivity index (χ0v) is 32.6. The van der Waals surface area contributed by atoms with Crippen LogP contribution in [0.25, 0.3) is 0 Å². The van der Waals surface area contributed by atoms with Crippen LogP contribution in [0.5, 0.6) is 46.0 Å². The van der Waals surface area contributed by atoms with Crippen molar-refractivity contribution in [1.82, 2.24) is 0 Å². The summed E-state index contributed by atoms with van der Waals surface area (Å²) in [5.74, 6) is 8.04. The Labute approximate surface area is 314 Å². The molecule has 0 radical (unpaired) electrons. The Kier molecular flexibility index (Phi) is 10.9. The number of methoxy groups -OCH3 is 8. The largest absolute Gasteiger partial charge is 0.496 e. The molecule has 0 aliphatic heterocycles. The van der Waals surface area contributed by atoms with Gasteiger partial charge >= 0.3 is 0 Å². The quantitative estimate of drug-likeness (QED) is 0.178. The molecule has 8 heteroatoms. The summed E-state index contributed by atoms with van der Waals surface area (Å²) in [6.45, 7) is 0. The van der Waals surface area contributed by atoms with Gasteiger partial charge in [0.15, 0.2) is 0 Å². The van der Waals surface area contributed by atoms with Crippen LogP contribution in [0.1, 0.15) is 113 Å². The van der Waals surface area contributed by atoms with E-state index in [1.165, 1.54) is 22.3 Å². The molecule has 4 aromatic rings. The molecular formula is C45H54O8. The summed E-state index contributed by atoms with van der Waals surface area (Å²) in [6, 6.07) is 17.5. The first-order chi connectivity index (χ1) is 25.9. The van der Waals surface area contributed by atoms with E-state index in [1.54, 1.807) is 56.9 Å². The Hall–Kier alpha value is -4.72. The third-order valence-corrected chi connectivity index (χ3v) is 12.2. The lowest BCUT2D eigenvalue weighted by Crippen LogP contribution is -2.15. The average Bonchev–Trinajstić information content (AvgIpc) is 3.70. The van der Waals surface area contributed by atoms with Gasteiger partial charge in [-0.1, -0.05) is 0 Å². The highest BCUT2D eigenvalue weighted by atomic mass is 16.5.